The summed E-state index contributed by atoms with van der Waals surface area (Å²) in [5, 5.41) is 2.82. The van der Waals surface area contributed by atoms with E-state index in [1.807, 2.05) is 11.0 Å². The van der Waals surface area contributed by atoms with Crippen molar-refractivity contribution in [3.63, 3.8) is 0 Å². The minimum absolute atomic E-state index is 0.0813. The minimum atomic E-state index is -0.828. The molecule has 1 saturated heterocycles. The summed E-state index contributed by atoms with van der Waals surface area (Å²) in [6.07, 6.45) is 0.178. The van der Waals surface area contributed by atoms with Gasteiger partial charge in [-0.2, -0.15) is 0 Å². The summed E-state index contributed by atoms with van der Waals surface area (Å²) in [6.45, 7) is 0.947. The number of carbonyl (C=O) groups is 1. The van der Waals surface area contributed by atoms with Gasteiger partial charge in [-0.1, -0.05) is 6.07 Å². The third-order valence-electron chi connectivity index (χ3n) is 3.74. The van der Waals surface area contributed by atoms with E-state index in [2.05, 4.69) is 5.32 Å². The van der Waals surface area contributed by atoms with Crippen LogP contribution in [0, 0.1) is 0 Å². The van der Waals surface area contributed by atoms with Gasteiger partial charge < -0.3 is 11.1 Å². The number of likely N-dealkylation sites (tertiary alicyclic amines) is 1. The molecule has 0 bridgehead atoms. The van der Waals surface area contributed by atoms with Gasteiger partial charge in [-0.25, -0.2) is 4.39 Å². The molecule has 2 heterocycles. The molecule has 5 heteroatoms. The number of fused-ring (bicyclic) bond motifs is 1. The van der Waals surface area contributed by atoms with E-state index in [1.54, 1.807) is 12.1 Å². The van der Waals surface area contributed by atoms with Gasteiger partial charge in [0.2, 0.25) is 5.91 Å². The van der Waals surface area contributed by atoms with Crippen molar-refractivity contribution in [1.29, 1.82) is 0 Å². The van der Waals surface area contributed by atoms with E-state index >= 15 is 0 Å². The van der Waals surface area contributed by atoms with Crippen LogP contribution in [0.2, 0.25) is 0 Å². The van der Waals surface area contributed by atoms with Crippen molar-refractivity contribution >= 4 is 17.3 Å². The van der Waals surface area contributed by atoms with Crippen molar-refractivity contribution in [2.75, 3.05) is 18.4 Å². The third-order valence-corrected chi connectivity index (χ3v) is 3.74. The van der Waals surface area contributed by atoms with E-state index < -0.39 is 6.17 Å². The maximum absolute atomic E-state index is 13.2. The molecule has 1 aromatic carbocycles. The van der Waals surface area contributed by atoms with Crippen molar-refractivity contribution in [1.82, 2.24) is 10.6 Å². The Morgan fingerprint density at radius 3 is 3.00 bits per heavy atom. The SMILES string of the molecule is [NH]c1cccc2c1CC(N1CC[C@H](F)C1)C(=O)N2. The molecular weight excluding hydrogens is 233 g/mol. The van der Waals surface area contributed by atoms with Crippen LogP contribution in [0.5, 0.6) is 0 Å². The second-order valence-corrected chi connectivity index (χ2v) is 4.92. The van der Waals surface area contributed by atoms with Crippen molar-refractivity contribution in [2.24, 2.45) is 0 Å². The van der Waals surface area contributed by atoms with Crippen LogP contribution in [0.1, 0.15) is 12.0 Å². The zero-order valence-corrected chi connectivity index (χ0v) is 9.95. The molecule has 1 amide bonds. The summed E-state index contributed by atoms with van der Waals surface area (Å²) < 4.78 is 13.2. The number of alkyl halides is 1. The Bertz CT molecular complexity index is 491. The Kier molecular flexibility index (Phi) is 2.70. The Balaban J connectivity index is 1.87. The highest BCUT2D eigenvalue weighted by Gasteiger charge is 2.36. The van der Waals surface area contributed by atoms with Gasteiger partial charge in [0.25, 0.3) is 0 Å². The molecule has 2 atom stereocenters. The molecule has 2 aliphatic rings. The zero-order valence-electron chi connectivity index (χ0n) is 9.95. The first-order chi connectivity index (χ1) is 8.65. The average molecular weight is 248 g/mol. The molecule has 3 rings (SSSR count). The first-order valence-electron chi connectivity index (χ1n) is 6.17. The van der Waals surface area contributed by atoms with Gasteiger partial charge in [0.15, 0.2) is 0 Å². The number of halogens is 1. The number of nitrogens with zero attached hydrogens (tertiary/aromatic N) is 1. The van der Waals surface area contributed by atoms with Crippen LogP contribution in [-0.4, -0.2) is 36.1 Å². The number of hydrogen-bond acceptors (Lipinski definition) is 2. The van der Waals surface area contributed by atoms with Crippen LogP contribution in [0.3, 0.4) is 0 Å². The van der Waals surface area contributed by atoms with Crippen LogP contribution < -0.4 is 11.1 Å². The largest absolute Gasteiger partial charge is 0.324 e. The van der Waals surface area contributed by atoms with Gasteiger partial charge in [-0.3, -0.25) is 9.69 Å². The fourth-order valence-electron chi connectivity index (χ4n) is 2.75. The van der Waals surface area contributed by atoms with E-state index in [4.69, 9.17) is 5.73 Å². The van der Waals surface area contributed by atoms with Crippen LogP contribution >= 0.6 is 0 Å². The highest BCUT2D eigenvalue weighted by atomic mass is 19.1. The zero-order chi connectivity index (χ0) is 12.7. The first-order valence-corrected chi connectivity index (χ1v) is 6.17. The summed E-state index contributed by atoms with van der Waals surface area (Å²) in [7, 11) is 0. The van der Waals surface area contributed by atoms with Gasteiger partial charge in [0.1, 0.15) is 6.17 Å². The molecule has 2 N–H and O–H groups in total. The number of carbonyl (C=O) groups excluding carboxylic acids is 1. The van der Waals surface area contributed by atoms with Gasteiger partial charge >= 0.3 is 0 Å². The number of rotatable bonds is 1. The van der Waals surface area contributed by atoms with Crippen LogP contribution in [-0.2, 0) is 11.2 Å². The Morgan fingerprint density at radius 1 is 1.44 bits per heavy atom. The summed E-state index contributed by atoms with van der Waals surface area (Å²) in [4.78, 5) is 13.9. The quantitative estimate of drug-likeness (QED) is 0.819. The number of hydrogen-bond donors (Lipinski definition) is 1. The van der Waals surface area contributed by atoms with Crippen molar-refractivity contribution < 1.29 is 9.18 Å². The molecule has 2 aliphatic heterocycles. The van der Waals surface area contributed by atoms with Gasteiger partial charge in [0, 0.05) is 30.8 Å². The molecule has 0 saturated carbocycles. The van der Waals surface area contributed by atoms with Gasteiger partial charge in [0.05, 0.1) is 11.7 Å². The topological polar surface area (TPSA) is 56.1 Å². The lowest BCUT2D eigenvalue weighted by molar-refractivity contribution is -0.121. The second kappa shape index (κ2) is 4.24. The molecule has 0 aromatic heterocycles. The second-order valence-electron chi connectivity index (χ2n) is 4.92. The molecule has 95 valence electrons. The summed E-state index contributed by atoms with van der Waals surface area (Å²) in [5.41, 5.74) is 9.88. The fourth-order valence-corrected chi connectivity index (χ4v) is 2.75. The molecule has 1 radical (unpaired) electrons. The molecule has 1 unspecified atom stereocenters. The fraction of sp³-hybridized carbons (Fsp3) is 0.462. The maximum Gasteiger partial charge on any atom is 0.242 e. The van der Waals surface area contributed by atoms with Gasteiger partial charge in [-0.05, 0) is 18.6 Å². The molecule has 0 spiro atoms. The molecule has 1 fully saturated rings. The summed E-state index contributed by atoms with van der Waals surface area (Å²) in [6, 6.07) is 4.96. The minimum Gasteiger partial charge on any atom is -0.324 e. The van der Waals surface area contributed by atoms with E-state index in [0.29, 0.717) is 31.6 Å². The lowest BCUT2D eigenvalue weighted by Crippen LogP contribution is -2.47. The van der Waals surface area contributed by atoms with Crippen molar-refractivity contribution in [3.8, 4) is 0 Å². The predicted molar refractivity (Wildman–Crippen MR) is 66.4 cm³/mol. The number of anilines is 1. The lowest BCUT2D eigenvalue weighted by atomic mass is 9.96. The summed E-state index contributed by atoms with van der Waals surface area (Å²) in [5.74, 6) is -0.0813. The highest BCUT2D eigenvalue weighted by Crippen LogP contribution is 2.31. The summed E-state index contributed by atoms with van der Waals surface area (Å²) >= 11 is 0. The molecule has 1 aromatic rings. The number of amides is 1. The maximum atomic E-state index is 13.2. The Morgan fingerprint density at radius 2 is 2.28 bits per heavy atom. The number of nitrogens with one attached hydrogen (secondary N) is 2. The molecule has 18 heavy (non-hydrogen) atoms. The first kappa shape index (κ1) is 11.5. The van der Waals surface area contributed by atoms with Crippen molar-refractivity contribution in [2.45, 2.75) is 25.1 Å². The van der Waals surface area contributed by atoms with E-state index in [0.717, 1.165) is 11.3 Å². The van der Waals surface area contributed by atoms with Crippen LogP contribution in [0.15, 0.2) is 18.2 Å². The van der Waals surface area contributed by atoms with Crippen molar-refractivity contribution in [3.05, 3.63) is 23.8 Å². The monoisotopic (exact) mass is 248 g/mol. The highest BCUT2D eigenvalue weighted by molar-refractivity contribution is 5.99. The molecule has 0 aliphatic carbocycles. The van der Waals surface area contributed by atoms with E-state index in [9.17, 15) is 9.18 Å². The van der Waals surface area contributed by atoms with E-state index in [1.165, 1.54) is 0 Å². The van der Waals surface area contributed by atoms with Gasteiger partial charge in [-0.15, -0.1) is 0 Å². The molecular formula is C13H15FN3O. The smallest absolute Gasteiger partial charge is 0.242 e. The predicted octanol–water partition coefficient (Wildman–Crippen LogP) is 1.51. The molecule has 4 nitrogen and oxygen atoms in total. The standard InChI is InChI=1S/C13H15FN3O/c14-8-4-5-17(7-8)12-6-9-10(15)2-1-3-11(9)16-13(12)18/h1-3,8,12,15H,4-7H2,(H,16,18)/t8-,12?/m0/s1. The number of benzene rings is 1. The normalized spacial score (nSPS) is 27.9. The van der Waals surface area contributed by atoms with Crippen LogP contribution in [0.25, 0.3) is 0 Å². The lowest BCUT2D eigenvalue weighted by Gasteiger charge is -2.31. The Labute approximate surface area is 105 Å². The van der Waals surface area contributed by atoms with Crippen LogP contribution in [0.4, 0.5) is 15.8 Å². The average Bonchev–Trinajstić information content (AvgIpc) is 2.75. The third kappa shape index (κ3) is 1.84. The van der Waals surface area contributed by atoms with E-state index in [-0.39, 0.29) is 11.9 Å². The Hall–Kier alpha value is -1.62.